The van der Waals surface area contributed by atoms with Crippen molar-refractivity contribution >= 4 is 37.3 Å². The van der Waals surface area contributed by atoms with Crippen LogP contribution >= 0.6 is 15.9 Å². The monoisotopic (exact) mass is 372 g/mol. The number of rotatable bonds is 3. The summed E-state index contributed by atoms with van der Waals surface area (Å²) in [5.74, 6) is -0.654. The molecule has 0 aliphatic heterocycles. The zero-order chi connectivity index (χ0) is 15.8. The van der Waals surface area contributed by atoms with Crippen molar-refractivity contribution in [2.45, 2.75) is 18.7 Å². The fourth-order valence-corrected chi connectivity index (χ4v) is 3.73. The molecule has 0 heterocycles. The summed E-state index contributed by atoms with van der Waals surface area (Å²) in [5.41, 5.74) is 6.88. The summed E-state index contributed by atoms with van der Waals surface area (Å²) in [6.45, 7) is 3.24. The zero-order valence-electron chi connectivity index (χ0n) is 11.4. The number of nitrogens with two attached hydrogens (primary N) is 1. The third-order valence-corrected chi connectivity index (χ3v) is 5.59. The molecule has 0 spiro atoms. The van der Waals surface area contributed by atoms with E-state index in [9.17, 15) is 12.8 Å². The molecule has 0 fully saturated rings. The predicted molar refractivity (Wildman–Crippen MR) is 85.2 cm³/mol. The molecule has 0 saturated carbocycles. The Hall–Kier alpha value is -1.60. The van der Waals surface area contributed by atoms with Gasteiger partial charge in [0.1, 0.15) is 5.82 Å². The van der Waals surface area contributed by atoms with Crippen LogP contribution < -0.4 is 10.5 Å². The van der Waals surface area contributed by atoms with Crippen molar-refractivity contribution in [3.05, 3.63) is 51.7 Å². The van der Waals surface area contributed by atoms with Crippen LogP contribution in [0.1, 0.15) is 11.1 Å². The smallest absolute Gasteiger partial charge is 0.262 e. The van der Waals surface area contributed by atoms with E-state index in [-0.39, 0.29) is 16.1 Å². The van der Waals surface area contributed by atoms with Crippen LogP contribution in [0.4, 0.5) is 15.8 Å². The number of halogens is 2. The molecule has 0 aliphatic carbocycles. The zero-order valence-corrected chi connectivity index (χ0v) is 13.8. The molecule has 112 valence electrons. The van der Waals surface area contributed by atoms with E-state index in [1.807, 2.05) is 13.0 Å². The number of hydrogen-bond donors (Lipinski definition) is 2. The molecule has 0 aromatic heterocycles. The van der Waals surface area contributed by atoms with Crippen LogP contribution in [0.2, 0.25) is 0 Å². The lowest BCUT2D eigenvalue weighted by molar-refractivity contribution is 0.591. The first-order valence-electron chi connectivity index (χ1n) is 6.06. The molecular formula is C14H14BrFN2O2S. The number of aryl methyl sites for hydroxylation is 1. The van der Waals surface area contributed by atoms with Crippen LogP contribution in [-0.2, 0) is 10.0 Å². The summed E-state index contributed by atoms with van der Waals surface area (Å²) in [5, 5.41) is 0. The second-order valence-corrected chi connectivity index (χ2v) is 7.11. The van der Waals surface area contributed by atoms with Gasteiger partial charge in [-0.2, -0.15) is 0 Å². The Bertz CT molecular complexity index is 807. The third-order valence-electron chi connectivity index (χ3n) is 3.04. The molecule has 0 atom stereocenters. The number of nitrogens with one attached hydrogen (secondary N) is 1. The summed E-state index contributed by atoms with van der Waals surface area (Å²) >= 11 is 3.33. The fourth-order valence-electron chi connectivity index (χ4n) is 1.88. The average Bonchev–Trinajstić information content (AvgIpc) is 2.39. The number of nitrogen functional groups attached to an aromatic ring is 1. The van der Waals surface area contributed by atoms with Gasteiger partial charge in [0, 0.05) is 15.7 Å². The van der Waals surface area contributed by atoms with Crippen molar-refractivity contribution in [1.29, 1.82) is 0 Å². The van der Waals surface area contributed by atoms with Gasteiger partial charge in [0.2, 0.25) is 0 Å². The molecule has 3 N–H and O–H groups in total. The van der Waals surface area contributed by atoms with Gasteiger partial charge in [-0.15, -0.1) is 0 Å². The van der Waals surface area contributed by atoms with Crippen molar-refractivity contribution in [2.24, 2.45) is 0 Å². The van der Waals surface area contributed by atoms with Gasteiger partial charge in [-0.25, -0.2) is 12.8 Å². The molecule has 7 heteroatoms. The van der Waals surface area contributed by atoms with Crippen molar-refractivity contribution in [1.82, 2.24) is 0 Å². The van der Waals surface area contributed by atoms with Gasteiger partial charge < -0.3 is 5.73 Å². The van der Waals surface area contributed by atoms with Gasteiger partial charge in [-0.05, 0) is 53.5 Å². The maximum Gasteiger partial charge on any atom is 0.262 e. The summed E-state index contributed by atoms with van der Waals surface area (Å²) in [6.07, 6.45) is 0. The first-order chi connectivity index (χ1) is 9.72. The highest BCUT2D eigenvalue weighted by atomic mass is 79.9. The average molecular weight is 373 g/mol. The molecule has 21 heavy (non-hydrogen) atoms. The van der Waals surface area contributed by atoms with E-state index in [1.165, 1.54) is 13.0 Å². The van der Waals surface area contributed by atoms with E-state index in [0.717, 1.165) is 11.6 Å². The van der Waals surface area contributed by atoms with Crippen LogP contribution in [0, 0.1) is 19.7 Å². The maximum atomic E-state index is 13.7. The van der Waals surface area contributed by atoms with Crippen molar-refractivity contribution in [2.75, 3.05) is 10.5 Å². The molecule has 2 aromatic carbocycles. The van der Waals surface area contributed by atoms with Crippen molar-refractivity contribution in [3.8, 4) is 0 Å². The highest BCUT2D eigenvalue weighted by Crippen LogP contribution is 2.29. The predicted octanol–water partition coefficient (Wildman–Crippen LogP) is 3.59. The third kappa shape index (κ3) is 3.19. The fraction of sp³-hybridized carbons (Fsp3) is 0.143. The van der Waals surface area contributed by atoms with E-state index in [0.29, 0.717) is 10.2 Å². The first-order valence-corrected chi connectivity index (χ1v) is 8.33. The summed E-state index contributed by atoms with van der Waals surface area (Å²) in [4.78, 5) is -0.173. The number of sulfonamides is 1. The van der Waals surface area contributed by atoms with Crippen LogP contribution in [-0.4, -0.2) is 8.42 Å². The van der Waals surface area contributed by atoms with E-state index in [1.54, 1.807) is 12.1 Å². The van der Waals surface area contributed by atoms with Crippen LogP contribution in [0.25, 0.3) is 0 Å². The minimum Gasteiger partial charge on any atom is -0.399 e. The lowest BCUT2D eigenvalue weighted by Crippen LogP contribution is -2.16. The molecule has 2 aromatic rings. The molecule has 4 nitrogen and oxygen atoms in total. The standard InChI is InChI=1S/C14H14BrFN2O2S/c1-8-4-3-5-12(14(8)15)18-21(19,20)13-7-10(17)6-11(16)9(13)2/h3-7,18H,17H2,1-2H3. The van der Waals surface area contributed by atoms with E-state index in [2.05, 4.69) is 20.7 Å². The van der Waals surface area contributed by atoms with E-state index >= 15 is 0 Å². The maximum absolute atomic E-state index is 13.7. The number of hydrogen-bond acceptors (Lipinski definition) is 3. The summed E-state index contributed by atoms with van der Waals surface area (Å²) < 4.78 is 41.6. The molecule has 0 radical (unpaired) electrons. The quantitative estimate of drug-likeness (QED) is 0.808. The van der Waals surface area contributed by atoms with Gasteiger partial charge in [-0.1, -0.05) is 12.1 Å². The molecule has 0 amide bonds. The Kier molecular flexibility index (Phi) is 4.25. The molecule has 0 saturated heterocycles. The summed E-state index contributed by atoms with van der Waals surface area (Å²) in [6, 6.07) is 7.52. The Morgan fingerprint density at radius 1 is 1.24 bits per heavy atom. The molecule has 0 aliphatic rings. The topological polar surface area (TPSA) is 72.2 Å². The molecule has 0 unspecified atom stereocenters. The largest absolute Gasteiger partial charge is 0.399 e. The van der Waals surface area contributed by atoms with Gasteiger partial charge >= 0.3 is 0 Å². The Labute approximate surface area is 131 Å². The minimum atomic E-state index is -3.93. The summed E-state index contributed by atoms with van der Waals surface area (Å²) in [7, 11) is -3.93. The Morgan fingerprint density at radius 3 is 2.57 bits per heavy atom. The lowest BCUT2D eigenvalue weighted by Gasteiger charge is -2.13. The normalized spacial score (nSPS) is 11.4. The number of anilines is 2. The van der Waals surface area contributed by atoms with Crippen molar-refractivity contribution in [3.63, 3.8) is 0 Å². The molecule has 2 rings (SSSR count). The number of benzene rings is 2. The SMILES string of the molecule is Cc1cccc(NS(=O)(=O)c2cc(N)cc(F)c2C)c1Br. The first kappa shape index (κ1) is 15.8. The van der Waals surface area contributed by atoms with Crippen LogP contribution in [0.3, 0.4) is 0 Å². The van der Waals surface area contributed by atoms with Gasteiger partial charge in [0.15, 0.2) is 0 Å². The van der Waals surface area contributed by atoms with Crippen LogP contribution in [0.5, 0.6) is 0 Å². The highest BCUT2D eigenvalue weighted by molar-refractivity contribution is 9.10. The Balaban J connectivity index is 2.51. The second kappa shape index (κ2) is 5.65. The van der Waals surface area contributed by atoms with E-state index < -0.39 is 15.8 Å². The minimum absolute atomic E-state index is 0.0282. The van der Waals surface area contributed by atoms with E-state index in [4.69, 9.17) is 5.73 Å². The molecular weight excluding hydrogens is 359 g/mol. The second-order valence-electron chi connectivity index (χ2n) is 4.67. The molecule has 0 bridgehead atoms. The van der Waals surface area contributed by atoms with Crippen LogP contribution in [0.15, 0.2) is 39.7 Å². The Morgan fingerprint density at radius 2 is 1.90 bits per heavy atom. The van der Waals surface area contributed by atoms with Gasteiger partial charge in [-0.3, -0.25) is 4.72 Å². The van der Waals surface area contributed by atoms with Gasteiger partial charge in [0.05, 0.1) is 10.6 Å². The van der Waals surface area contributed by atoms with Crippen molar-refractivity contribution < 1.29 is 12.8 Å². The highest BCUT2D eigenvalue weighted by Gasteiger charge is 2.21. The lowest BCUT2D eigenvalue weighted by atomic mass is 10.2. The van der Waals surface area contributed by atoms with Gasteiger partial charge in [0.25, 0.3) is 10.0 Å².